The van der Waals surface area contributed by atoms with Crippen LogP contribution in [0.5, 0.6) is 0 Å². The minimum absolute atomic E-state index is 0.835. The molecular formula is C24H27N3. The average molecular weight is 358 g/mol. The van der Waals surface area contributed by atoms with E-state index >= 15 is 0 Å². The van der Waals surface area contributed by atoms with Crippen LogP contribution in [-0.2, 0) is 6.54 Å². The molecule has 0 aliphatic carbocycles. The predicted octanol–water partition coefficient (Wildman–Crippen LogP) is 4.72. The van der Waals surface area contributed by atoms with E-state index in [0.29, 0.717) is 0 Å². The lowest BCUT2D eigenvalue weighted by molar-refractivity contribution is 0.313. The molecule has 0 atom stereocenters. The van der Waals surface area contributed by atoms with E-state index < -0.39 is 0 Å². The number of benzene rings is 3. The number of anilines is 2. The first-order valence-electron chi connectivity index (χ1n) is 9.70. The Kier molecular flexibility index (Phi) is 5.40. The third-order valence-electron chi connectivity index (χ3n) is 5.27. The molecule has 4 rings (SSSR count). The molecule has 0 radical (unpaired) electrons. The van der Waals surface area contributed by atoms with Gasteiger partial charge in [0, 0.05) is 44.1 Å². The second kappa shape index (κ2) is 8.28. The number of nitrogens with one attached hydrogen (secondary N) is 1. The quantitative estimate of drug-likeness (QED) is 0.713. The monoisotopic (exact) mass is 357 g/mol. The molecule has 0 aromatic heterocycles. The van der Waals surface area contributed by atoms with Gasteiger partial charge >= 0.3 is 0 Å². The summed E-state index contributed by atoms with van der Waals surface area (Å²) < 4.78 is 0. The van der Waals surface area contributed by atoms with Crippen molar-refractivity contribution in [3.63, 3.8) is 0 Å². The lowest BCUT2D eigenvalue weighted by Gasteiger charge is -2.34. The standard InChI is InChI=1S/C24H27N3/c1-26-14-16-27(17-15-26)24-9-5-8-23(18-24)25-19-20-10-12-22(13-11-20)21-6-3-2-4-7-21/h2-13,18,25H,14-17,19H2,1H3. The summed E-state index contributed by atoms with van der Waals surface area (Å²) in [5.74, 6) is 0. The predicted molar refractivity (Wildman–Crippen MR) is 115 cm³/mol. The number of hydrogen-bond donors (Lipinski definition) is 1. The molecule has 1 heterocycles. The van der Waals surface area contributed by atoms with Crippen molar-refractivity contribution in [2.24, 2.45) is 0 Å². The summed E-state index contributed by atoms with van der Waals surface area (Å²) in [6.45, 7) is 5.29. The maximum absolute atomic E-state index is 3.57. The van der Waals surface area contributed by atoms with Gasteiger partial charge in [0.25, 0.3) is 0 Å². The minimum Gasteiger partial charge on any atom is -0.381 e. The van der Waals surface area contributed by atoms with Crippen molar-refractivity contribution in [3.05, 3.63) is 84.4 Å². The Morgan fingerprint density at radius 2 is 1.44 bits per heavy atom. The molecule has 0 unspecified atom stereocenters. The van der Waals surface area contributed by atoms with Gasteiger partial charge < -0.3 is 15.1 Å². The molecule has 1 saturated heterocycles. The van der Waals surface area contributed by atoms with E-state index in [1.54, 1.807) is 0 Å². The first-order valence-corrected chi connectivity index (χ1v) is 9.70. The van der Waals surface area contributed by atoms with Gasteiger partial charge in [-0.2, -0.15) is 0 Å². The average Bonchev–Trinajstić information content (AvgIpc) is 2.74. The van der Waals surface area contributed by atoms with Crippen LogP contribution in [0.4, 0.5) is 11.4 Å². The summed E-state index contributed by atoms with van der Waals surface area (Å²) >= 11 is 0. The van der Waals surface area contributed by atoms with Crippen molar-refractivity contribution in [2.45, 2.75) is 6.54 Å². The second-order valence-corrected chi connectivity index (χ2v) is 7.26. The van der Waals surface area contributed by atoms with Crippen LogP contribution in [0.1, 0.15) is 5.56 Å². The zero-order valence-electron chi connectivity index (χ0n) is 15.9. The van der Waals surface area contributed by atoms with Crippen molar-refractivity contribution in [1.82, 2.24) is 4.90 Å². The molecule has 3 heteroatoms. The van der Waals surface area contributed by atoms with E-state index in [1.165, 1.54) is 28.1 Å². The number of rotatable bonds is 5. The van der Waals surface area contributed by atoms with Crippen LogP contribution in [0.3, 0.4) is 0 Å². The Morgan fingerprint density at radius 3 is 2.19 bits per heavy atom. The van der Waals surface area contributed by atoms with E-state index in [1.807, 2.05) is 0 Å². The van der Waals surface area contributed by atoms with Crippen LogP contribution in [0.25, 0.3) is 11.1 Å². The zero-order chi connectivity index (χ0) is 18.5. The van der Waals surface area contributed by atoms with Crippen molar-refractivity contribution in [2.75, 3.05) is 43.4 Å². The fourth-order valence-electron chi connectivity index (χ4n) is 3.53. The van der Waals surface area contributed by atoms with E-state index in [0.717, 1.165) is 32.7 Å². The van der Waals surface area contributed by atoms with Crippen LogP contribution in [0, 0.1) is 0 Å². The third kappa shape index (κ3) is 4.50. The molecule has 1 aliphatic rings. The van der Waals surface area contributed by atoms with Crippen molar-refractivity contribution in [1.29, 1.82) is 0 Å². The summed E-state index contributed by atoms with van der Waals surface area (Å²) in [5.41, 5.74) is 6.30. The highest BCUT2D eigenvalue weighted by Gasteiger charge is 2.14. The number of hydrogen-bond acceptors (Lipinski definition) is 3. The topological polar surface area (TPSA) is 18.5 Å². The summed E-state index contributed by atoms with van der Waals surface area (Å²) in [5, 5.41) is 3.57. The first-order chi connectivity index (χ1) is 13.3. The molecule has 1 aliphatic heterocycles. The molecule has 0 spiro atoms. The van der Waals surface area contributed by atoms with Crippen molar-refractivity contribution >= 4 is 11.4 Å². The lowest BCUT2D eigenvalue weighted by atomic mass is 10.0. The summed E-state index contributed by atoms with van der Waals surface area (Å²) in [4.78, 5) is 4.86. The maximum atomic E-state index is 3.57. The normalized spacial score (nSPS) is 14.9. The Balaban J connectivity index is 1.38. The summed E-state index contributed by atoms with van der Waals surface area (Å²) in [6.07, 6.45) is 0. The highest BCUT2D eigenvalue weighted by Crippen LogP contribution is 2.22. The SMILES string of the molecule is CN1CCN(c2cccc(NCc3ccc(-c4ccccc4)cc3)c2)CC1. The summed E-state index contributed by atoms with van der Waals surface area (Å²) in [6, 6.07) is 28.1. The molecule has 0 amide bonds. The minimum atomic E-state index is 0.835. The third-order valence-corrected chi connectivity index (χ3v) is 5.27. The maximum Gasteiger partial charge on any atom is 0.0400 e. The fourth-order valence-corrected chi connectivity index (χ4v) is 3.53. The molecule has 0 bridgehead atoms. The van der Waals surface area contributed by atoms with Gasteiger partial charge in [-0.25, -0.2) is 0 Å². The van der Waals surface area contributed by atoms with Crippen molar-refractivity contribution < 1.29 is 0 Å². The van der Waals surface area contributed by atoms with Crippen LogP contribution >= 0.6 is 0 Å². The smallest absolute Gasteiger partial charge is 0.0400 e. The van der Waals surface area contributed by atoms with Crippen LogP contribution < -0.4 is 10.2 Å². The van der Waals surface area contributed by atoms with E-state index in [2.05, 4.69) is 101 Å². The molecule has 3 aromatic carbocycles. The number of piperazine rings is 1. The second-order valence-electron chi connectivity index (χ2n) is 7.26. The van der Waals surface area contributed by atoms with Crippen LogP contribution in [-0.4, -0.2) is 38.1 Å². The van der Waals surface area contributed by atoms with E-state index in [-0.39, 0.29) is 0 Å². The van der Waals surface area contributed by atoms with E-state index in [9.17, 15) is 0 Å². The largest absolute Gasteiger partial charge is 0.381 e. The molecule has 0 saturated carbocycles. The van der Waals surface area contributed by atoms with Gasteiger partial charge in [0.05, 0.1) is 0 Å². The molecular weight excluding hydrogens is 330 g/mol. The van der Waals surface area contributed by atoms with Gasteiger partial charge in [0.2, 0.25) is 0 Å². The highest BCUT2D eigenvalue weighted by molar-refractivity contribution is 5.63. The van der Waals surface area contributed by atoms with Crippen molar-refractivity contribution in [3.8, 4) is 11.1 Å². The zero-order valence-corrected chi connectivity index (χ0v) is 15.9. The van der Waals surface area contributed by atoms with Crippen LogP contribution in [0.2, 0.25) is 0 Å². The van der Waals surface area contributed by atoms with Gasteiger partial charge in [-0.3, -0.25) is 0 Å². The lowest BCUT2D eigenvalue weighted by Crippen LogP contribution is -2.44. The fraction of sp³-hybridized carbons (Fsp3) is 0.250. The molecule has 3 aromatic rings. The molecule has 27 heavy (non-hydrogen) atoms. The first kappa shape index (κ1) is 17.6. The Hall–Kier alpha value is -2.78. The van der Waals surface area contributed by atoms with Gasteiger partial charge in [-0.15, -0.1) is 0 Å². The Bertz CT molecular complexity index is 850. The number of nitrogens with zero attached hydrogens (tertiary/aromatic N) is 2. The van der Waals surface area contributed by atoms with Gasteiger partial charge in [-0.1, -0.05) is 60.7 Å². The molecule has 138 valence electrons. The summed E-state index contributed by atoms with van der Waals surface area (Å²) in [7, 11) is 2.19. The Morgan fingerprint density at radius 1 is 0.741 bits per heavy atom. The Labute approximate surface area is 162 Å². The number of likely N-dealkylation sites (N-methyl/N-ethyl adjacent to an activating group) is 1. The van der Waals surface area contributed by atoms with Gasteiger partial charge in [-0.05, 0) is 41.9 Å². The van der Waals surface area contributed by atoms with Gasteiger partial charge in [0.15, 0.2) is 0 Å². The molecule has 1 N–H and O–H groups in total. The van der Waals surface area contributed by atoms with Crippen LogP contribution in [0.15, 0.2) is 78.9 Å². The van der Waals surface area contributed by atoms with Gasteiger partial charge in [0.1, 0.15) is 0 Å². The molecule has 3 nitrogen and oxygen atoms in total. The van der Waals surface area contributed by atoms with E-state index in [4.69, 9.17) is 0 Å². The highest BCUT2D eigenvalue weighted by atomic mass is 15.2. The molecule has 1 fully saturated rings.